The molecule has 1 saturated carbocycles. The van der Waals surface area contributed by atoms with Crippen LogP contribution in [0.1, 0.15) is 11.3 Å². The van der Waals surface area contributed by atoms with Gasteiger partial charge in [-0.1, -0.05) is 0 Å². The van der Waals surface area contributed by atoms with E-state index in [1.165, 1.54) is 0 Å². The molecule has 0 bridgehead atoms. The third-order valence-corrected chi connectivity index (χ3v) is 3.45. The zero-order valence-electron chi connectivity index (χ0n) is 11.8. The van der Waals surface area contributed by atoms with Crippen molar-refractivity contribution in [3.05, 3.63) is 61.1 Å². The number of fused-ring (bicyclic) bond motifs is 1. The highest BCUT2D eigenvalue weighted by molar-refractivity contribution is 5.84. The summed E-state index contributed by atoms with van der Waals surface area (Å²) in [6.07, 6.45) is 8.19. The molecule has 5 radical (unpaired) electrons. The van der Waals surface area contributed by atoms with Gasteiger partial charge in [0.15, 0.2) is 11.5 Å². The molecule has 3 rings (SSSR count). The number of ether oxygens (including phenoxy) is 2. The number of aromatic nitrogens is 1. The smallest absolute Gasteiger partial charge is 0.162 e. The van der Waals surface area contributed by atoms with Crippen molar-refractivity contribution in [2.75, 3.05) is 14.2 Å². The summed E-state index contributed by atoms with van der Waals surface area (Å²) in [5.41, 5.74) is 3.06. The summed E-state index contributed by atoms with van der Waals surface area (Å²) < 4.78 is 10.7. The Morgan fingerprint density at radius 1 is 0.900 bits per heavy atom. The fraction of sp³-hybridized carbons (Fsp3) is 0.176. The Kier molecular flexibility index (Phi) is 3.51. The van der Waals surface area contributed by atoms with Gasteiger partial charge in [0, 0.05) is 17.4 Å². The van der Waals surface area contributed by atoms with E-state index in [2.05, 4.69) is 25.8 Å². The molecule has 1 aromatic heterocycles. The number of hydrogen-bond donors (Lipinski definition) is 0. The third kappa shape index (κ3) is 2.21. The van der Waals surface area contributed by atoms with Crippen LogP contribution in [0.4, 0.5) is 0 Å². The first-order valence-corrected chi connectivity index (χ1v) is 6.48. The first kappa shape index (κ1) is 13.2. The lowest BCUT2D eigenvalue weighted by atomic mass is 9.98. The number of hydrogen-bond acceptors (Lipinski definition) is 3. The molecular weight excluding hydrogens is 250 g/mol. The Labute approximate surface area is 119 Å². The SMILES string of the molecule is COc1cc2cc(C)c([C]3[CH][CH][CH][CH]3)nc2cc1OC. The number of benzene rings is 1. The third-order valence-electron chi connectivity index (χ3n) is 3.45. The van der Waals surface area contributed by atoms with Gasteiger partial charge in [0.05, 0.1) is 25.4 Å². The van der Waals surface area contributed by atoms with E-state index in [9.17, 15) is 0 Å². The normalized spacial score (nSPS) is 15.8. The standard InChI is InChI=1S/C17H16NO2/c1-11-8-13-9-15(19-2)16(20-3)10-14(13)18-17(11)12-6-4-5-7-12/h4-10H,1-3H3. The summed E-state index contributed by atoms with van der Waals surface area (Å²) in [6.45, 7) is 2.07. The van der Waals surface area contributed by atoms with Crippen molar-refractivity contribution in [3.8, 4) is 11.5 Å². The molecule has 101 valence electrons. The highest BCUT2D eigenvalue weighted by atomic mass is 16.5. The van der Waals surface area contributed by atoms with Crippen LogP contribution in [0, 0.1) is 38.5 Å². The zero-order chi connectivity index (χ0) is 14.1. The molecule has 1 heterocycles. The number of nitrogens with zero attached hydrogens (tertiary/aromatic N) is 1. The van der Waals surface area contributed by atoms with Crippen molar-refractivity contribution < 1.29 is 9.47 Å². The van der Waals surface area contributed by atoms with Crippen molar-refractivity contribution in [2.45, 2.75) is 6.92 Å². The molecule has 1 aliphatic rings. The maximum Gasteiger partial charge on any atom is 0.162 e. The molecule has 1 fully saturated rings. The van der Waals surface area contributed by atoms with Crippen LogP contribution in [0.15, 0.2) is 18.2 Å². The van der Waals surface area contributed by atoms with E-state index in [-0.39, 0.29) is 0 Å². The second-order valence-electron chi connectivity index (χ2n) is 4.73. The highest BCUT2D eigenvalue weighted by Gasteiger charge is 2.22. The monoisotopic (exact) mass is 266 g/mol. The molecule has 2 aromatic rings. The molecule has 0 spiro atoms. The molecular formula is C17H16NO2. The van der Waals surface area contributed by atoms with Crippen molar-refractivity contribution >= 4 is 10.9 Å². The Balaban J connectivity index is 2.13. The van der Waals surface area contributed by atoms with Crippen LogP contribution in [-0.2, 0) is 0 Å². The van der Waals surface area contributed by atoms with Crippen LogP contribution in [0.5, 0.6) is 11.5 Å². The van der Waals surface area contributed by atoms with Crippen molar-refractivity contribution in [2.24, 2.45) is 0 Å². The van der Waals surface area contributed by atoms with Gasteiger partial charge >= 0.3 is 0 Å². The van der Waals surface area contributed by atoms with Gasteiger partial charge in [-0.05, 0) is 50.3 Å². The molecule has 0 atom stereocenters. The minimum absolute atomic E-state index is 0.699. The maximum atomic E-state index is 5.34. The van der Waals surface area contributed by atoms with E-state index in [1.54, 1.807) is 14.2 Å². The van der Waals surface area contributed by atoms with Gasteiger partial charge in [0.1, 0.15) is 0 Å². The van der Waals surface area contributed by atoms with Gasteiger partial charge in [0.25, 0.3) is 0 Å². The molecule has 0 N–H and O–H groups in total. The Bertz CT molecular complexity index is 630. The average molecular weight is 266 g/mol. The Hall–Kier alpha value is -1.77. The fourth-order valence-electron chi connectivity index (χ4n) is 2.43. The largest absolute Gasteiger partial charge is 0.493 e. The minimum atomic E-state index is 0.699. The topological polar surface area (TPSA) is 31.4 Å². The summed E-state index contributed by atoms with van der Waals surface area (Å²) in [6, 6.07) is 6.01. The summed E-state index contributed by atoms with van der Waals surface area (Å²) in [4.78, 5) is 4.77. The molecule has 20 heavy (non-hydrogen) atoms. The second-order valence-corrected chi connectivity index (χ2v) is 4.73. The molecule has 3 nitrogen and oxygen atoms in total. The predicted molar refractivity (Wildman–Crippen MR) is 79.1 cm³/mol. The van der Waals surface area contributed by atoms with Crippen LogP contribution in [0.25, 0.3) is 10.9 Å². The van der Waals surface area contributed by atoms with Gasteiger partial charge in [-0.3, -0.25) is 4.98 Å². The van der Waals surface area contributed by atoms with E-state index in [0.29, 0.717) is 5.75 Å². The Morgan fingerprint density at radius 2 is 1.55 bits per heavy atom. The highest BCUT2D eigenvalue weighted by Crippen LogP contribution is 2.35. The number of pyridine rings is 1. The van der Waals surface area contributed by atoms with Gasteiger partial charge < -0.3 is 9.47 Å². The first-order valence-electron chi connectivity index (χ1n) is 6.48. The molecule has 1 aromatic carbocycles. The first-order chi connectivity index (χ1) is 9.72. The minimum Gasteiger partial charge on any atom is -0.493 e. The quantitative estimate of drug-likeness (QED) is 0.854. The lowest BCUT2D eigenvalue weighted by Gasteiger charge is -2.14. The maximum absolute atomic E-state index is 5.34. The van der Waals surface area contributed by atoms with Gasteiger partial charge in [-0.15, -0.1) is 0 Å². The lowest BCUT2D eigenvalue weighted by molar-refractivity contribution is 0.356. The van der Waals surface area contributed by atoms with Crippen molar-refractivity contribution in [3.63, 3.8) is 0 Å². The zero-order valence-corrected chi connectivity index (χ0v) is 11.8. The van der Waals surface area contributed by atoms with E-state index >= 15 is 0 Å². The van der Waals surface area contributed by atoms with E-state index in [4.69, 9.17) is 14.5 Å². The summed E-state index contributed by atoms with van der Waals surface area (Å²) in [7, 11) is 3.28. The van der Waals surface area contributed by atoms with Crippen LogP contribution in [0.3, 0.4) is 0 Å². The lowest BCUT2D eigenvalue weighted by Crippen LogP contribution is -2.02. The van der Waals surface area contributed by atoms with Crippen LogP contribution < -0.4 is 9.47 Å². The van der Waals surface area contributed by atoms with E-state index < -0.39 is 0 Å². The number of methoxy groups -OCH3 is 2. The molecule has 0 unspecified atom stereocenters. The number of rotatable bonds is 3. The molecule has 1 aliphatic carbocycles. The summed E-state index contributed by atoms with van der Waals surface area (Å²) in [5.74, 6) is 2.56. The fourth-order valence-corrected chi connectivity index (χ4v) is 2.43. The van der Waals surface area contributed by atoms with Gasteiger partial charge in [0.2, 0.25) is 0 Å². The summed E-state index contributed by atoms with van der Waals surface area (Å²) >= 11 is 0. The van der Waals surface area contributed by atoms with E-state index in [1.807, 2.05) is 25.0 Å². The Morgan fingerprint density at radius 3 is 2.20 bits per heavy atom. The predicted octanol–water partition coefficient (Wildman–Crippen LogP) is 3.31. The number of aryl methyl sites for hydroxylation is 1. The molecule has 3 heteroatoms. The van der Waals surface area contributed by atoms with Crippen molar-refractivity contribution in [1.29, 1.82) is 0 Å². The molecule has 0 amide bonds. The van der Waals surface area contributed by atoms with Crippen LogP contribution in [-0.4, -0.2) is 19.2 Å². The molecule has 0 saturated heterocycles. The van der Waals surface area contributed by atoms with Crippen LogP contribution >= 0.6 is 0 Å². The van der Waals surface area contributed by atoms with E-state index in [0.717, 1.165) is 33.8 Å². The van der Waals surface area contributed by atoms with Gasteiger partial charge in [-0.25, -0.2) is 0 Å². The summed E-state index contributed by atoms with van der Waals surface area (Å²) in [5, 5.41) is 1.05. The second kappa shape index (κ2) is 5.31. The van der Waals surface area contributed by atoms with Gasteiger partial charge in [-0.2, -0.15) is 0 Å². The van der Waals surface area contributed by atoms with Crippen molar-refractivity contribution in [1.82, 2.24) is 4.98 Å². The molecule has 0 aliphatic heterocycles. The average Bonchev–Trinajstić information content (AvgIpc) is 2.99. The van der Waals surface area contributed by atoms with Crippen LogP contribution in [0.2, 0.25) is 0 Å².